The van der Waals surface area contributed by atoms with Gasteiger partial charge in [0.15, 0.2) is 0 Å². The normalized spacial score (nSPS) is 27.5. The van der Waals surface area contributed by atoms with Gasteiger partial charge in [-0.05, 0) is 19.1 Å². The van der Waals surface area contributed by atoms with Gasteiger partial charge in [0.1, 0.15) is 0 Å². The van der Waals surface area contributed by atoms with Crippen molar-refractivity contribution < 1.29 is 13.2 Å². The maximum atomic E-state index is 11.8. The van der Waals surface area contributed by atoms with Crippen LogP contribution in [0, 0.1) is 12.8 Å². The van der Waals surface area contributed by atoms with E-state index in [1.54, 1.807) is 4.31 Å². The minimum atomic E-state index is -3.15. The smallest absolute Gasteiger partial charge is 0.211 e. The summed E-state index contributed by atoms with van der Waals surface area (Å²) in [6.45, 7) is 5.98. The van der Waals surface area contributed by atoms with Crippen LogP contribution in [-0.2, 0) is 21.3 Å². The second-order valence-electron chi connectivity index (χ2n) is 6.25. The molecular formula is C15H23N3O3S. The third-order valence-corrected chi connectivity index (χ3v) is 5.64. The van der Waals surface area contributed by atoms with Gasteiger partial charge in [0, 0.05) is 44.3 Å². The zero-order valence-corrected chi connectivity index (χ0v) is 13.9. The minimum Gasteiger partial charge on any atom is -0.375 e. The maximum Gasteiger partial charge on any atom is 0.211 e. The molecule has 22 heavy (non-hydrogen) atoms. The van der Waals surface area contributed by atoms with Crippen molar-refractivity contribution in [2.24, 2.45) is 5.92 Å². The standard InChI is InChI=1S/C15H23N3O3S/c1-12-4-3-5-14(16-12)10-17-8-13-9-18(22(2,19)20)6-7-21-15(13)11-17/h3-5,13,15H,6-11H2,1-2H3/t13-,15-/m0/s1. The van der Waals surface area contributed by atoms with Crippen LogP contribution in [0.4, 0.5) is 0 Å². The molecule has 2 atom stereocenters. The predicted octanol–water partition coefficient (Wildman–Crippen LogP) is 0.482. The number of hydrogen-bond donors (Lipinski definition) is 0. The molecule has 0 saturated carbocycles. The molecule has 0 unspecified atom stereocenters. The quantitative estimate of drug-likeness (QED) is 0.809. The lowest BCUT2D eigenvalue weighted by atomic mass is 10.1. The Morgan fingerprint density at radius 1 is 1.32 bits per heavy atom. The fourth-order valence-corrected chi connectivity index (χ4v) is 4.17. The molecule has 0 aromatic carbocycles. The summed E-state index contributed by atoms with van der Waals surface area (Å²) < 4.78 is 31.0. The SMILES string of the molecule is Cc1cccc(CN2C[C@H]3CN(S(C)(=O)=O)CCO[C@H]3C2)n1. The molecular weight excluding hydrogens is 302 g/mol. The Hall–Kier alpha value is -1.02. The van der Waals surface area contributed by atoms with Gasteiger partial charge in [-0.2, -0.15) is 4.31 Å². The van der Waals surface area contributed by atoms with Crippen LogP contribution in [0.15, 0.2) is 18.2 Å². The maximum absolute atomic E-state index is 11.8. The Morgan fingerprint density at radius 2 is 2.14 bits per heavy atom. The average Bonchev–Trinajstić information content (AvgIpc) is 2.67. The number of ether oxygens (including phenoxy) is 1. The Balaban J connectivity index is 1.66. The Bertz CT molecular complexity index is 635. The van der Waals surface area contributed by atoms with Crippen molar-refractivity contribution in [3.63, 3.8) is 0 Å². The number of rotatable bonds is 3. The van der Waals surface area contributed by atoms with Crippen molar-refractivity contribution in [1.82, 2.24) is 14.2 Å². The van der Waals surface area contributed by atoms with E-state index in [9.17, 15) is 8.42 Å². The first-order valence-corrected chi connectivity index (χ1v) is 9.48. The van der Waals surface area contributed by atoms with Crippen molar-refractivity contribution in [3.05, 3.63) is 29.6 Å². The van der Waals surface area contributed by atoms with Crippen molar-refractivity contribution in [2.75, 3.05) is 39.0 Å². The van der Waals surface area contributed by atoms with Crippen LogP contribution in [0.5, 0.6) is 0 Å². The van der Waals surface area contributed by atoms with Gasteiger partial charge in [0.2, 0.25) is 10.0 Å². The molecule has 0 spiro atoms. The first-order valence-electron chi connectivity index (χ1n) is 7.63. The zero-order chi connectivity index (χ0) is 15.7. The molecule has 2 fully saturated rings. The first-order chi connectivity index (χ1) is 10.4. The van der Waals surface area contributed by atoms with E-state index in [0.29, 0.717) is 19.7 Å². The number of pyridine rings is 1. The third kappa shape index (κ3) is 3.65. The number of fused-ring (bicyclic) bond motifs is 1. The molecule has 0 aliphatic carbocycles. The summed E-state index contributed by atoms with van der Waals surface area (Å²) >= 11 is 0. The molecule has 7 heteroatoms. The van der Waals surface area contributed by atoms with E-state index in [0.717, 1.165) is 31.0 Å². The first kappa shape index (κ1) is 15.9. The Labute approximate surface area is 132 Å². The Kier molecular flexibility index (Phi) is 4.49. The fourth-order valence-electron chi connectivity index (χ4n) is 3.30. The molecule has 0 amide bonds. The number of aromatic nitrogens is 1. The van der Waals surface area contributed by atoms with Crippen molar-refractivity contribution >= 4 is 10.0 Å². The summed E-state index contributed by atoms with van der Waals surface area (Å²) in [7, 11) is -3.15. The van der Waals surface area contributed by atoms with E-state index in [1.807, 2.05) is 25.1 Å². The van der Waals surface area contributed by atoms with Crippen molar-refractivity contribution in [1.29, 1.82) is 0 Å². The highest BCUT2D eigenvalue weighted by Crippen LogP contribution is 2.25. The molecule has 0 bridgehead atoms. The molecule has 122 valence electrons. The van der Waals surface area contributed by atoms with Crippen molar-refractivity contribution in [3.8, 4) is 0 Å². The number of hydrogen-bond acceptors (Lipinski definition) is 5. The number of sulfonamides is 1. The van der Waals surface area contributed by atoms with E-state index in [-0.39, 0.29) is 12.0 Å². The van der Waals surface area contributed by atoms with Crippen LogP contribution in [0.2, 0.25) is 0 Å². The molecule has 0 N–H and O–H groups in total. The van der Waals surface area contributed by atoms with Gasteiger partial charge in [-0.25, -0.2) is 8.42 Å². The van der Waals surface area contributed by atoms with Crippen LogP contribution < -0.4 is 0 Å². The molecule has 3 heterocycles. The van der Waals surface area contributed by atoms with E-state index in [2.05, 4.69) is 9.88 Å². The van der Waals surface area contributed by atoms with Gasteiger partial charge in [0.25, 0.3) is 0 Å². The summed E-state index contributed by atoms with van der Waals surface area (Å²) in [5.74, 6) is 0.238. The van der Waals surface area contributed by atoms with Crippen LogP contribution in [-0.4, -0.2) is 67.8 Å². The number of aryl methyl sites for hydroxylation is 1. The highest BCUT2D eigenvalue weighted by Gasteiger charge is 2.38. The molecule has 6 nitrogen and oxygen atoms in total. The van der Waals surface area contributed by atoms with Gasteiger partial charge in [0.05, 0.1) is 24.7 Å². The van der Waals surface area contributed by atoms with Gasteiger partial charge in [-0.15, -0.1) is 0 Å². The fraction of sp³-hybridized carbons (Fsp3) is 0.667. The summed E-state index contributed by atoms with van der Waals surface area (Å²) in [6, 6.07) is 6.04. The van der Waals surface area contributed by atoms with Crippen LogP contribution in [0.3, 0.4) is 0 Å². The largest absolute Gasteiger partial charge is 0.375 e. The van der Waals surface area contributed by atoms with E-state index < -0.39 is 10.0 Å². The molecule has 2 saturated heterocycles. The van der Waals surface area contributed by atoms with Crippen LogP contribution in [0.25, 0.3) is 0 Å². The van der Waals surface area contributed by atoms with Gasteiger partial charge in [-0.1, -0.05) is 6.07 Å². The van der Waals surface area contributed by atoms with Crippen LogP contribution in [0.1, 0.15) is 11.4 Å². The monoisotopic (exact) mass is 325 g/mol. The van der Waals surface area contributed by atoms with E-state index >= 15 is 0 Å². The topological polar surface area (TPSA) is 62.7 Å². The Morgan fingerprint density at radius 3 is 2.86 bits per heavy atom. The van der Waals surface area contributed by atoms with Gasteiger partial charge < -0.3 is 4.74 Å². The molecule has 2 aliphatic rings. The van der Waals surface area contributed by atoms with E-state index in [1.165, 1.54) is 6.26 Å². The average molecular weight is 325 g/mol. The highest BCUT2D eigenvalue weighted by atomic mass is 32.2. The second kappa shape index (κ2) is 6.23. The summed E-state index contributed by atoms with van der Waals surface area (Å²) in [4.78, 5) is 6.85. The molecule has 1 aromatic rings. The lowest BCUT2D eigenvalue weighted by Crippen LogP contribution is -2.36. The lowest BCUT2D eigenvalue weighted by Gasteiger charge is -2.21. The van der Waals surface area contributed by atoms with Crippen LogP contribution >= 0.6 is 0 Å². The predicted molar refractivity (Wildman–Crippen MR) is 83.9 cm³/mol. The second-order valence-corrected chi connectivity index (χ2v) is 8.24. The highest BCUT2D eigenvalue weighted by molar-refractivity contribution is 7.88. The molecule has 1 aromatic heterocycles. The van der Waals surface area contributed by atoms with Gasteiger partial charge in [-0.3, -0.25) is 9.88 Å². The van der Waals surface area contributed by atoms with Crippen molar-refractivity contribution in [2.45, 2.75) is 19.6 Å². The van der Waals surface area contributed by atoms with Gasteiger partial charge >= 0.3 is 0 Å². The third-order valence-electron chi connectivity index (χ3n) is 4.37. The summed E-state index contributed by atoms with van der Waals surface area (Å²) in [6.07, 6.45) is 1.40. The number of nitrogens with zero attached hydrogens (tertiary/aromatic N) is 3. The summed E-state index contributed by atoms with van der Waals surface area (Å²) in [5, 5.41) is 0. The summed E-state index contributed by atoms with van der Waals surface area (Å²) in [5.41, 5.74) is 2.07. The van der Waals surface area contributed by atoms with E-state index in [4.69, 9.17) is 4.74 Å². The number of likely N-dealkylation sites (tertiary alicyclic amines) is 1. The minimum absolute atomic E-state index is 0.122. The lowest BCUT2D eigenvalue weighted by molar-refractivity contribution is 0.0518. The molecule has 0 radical (unpaired) electrons. The molecule has 3 rings (SSSR count). The zero-order valence-electron chi connectivity index (χ0n) is 13.1. The molecule has 2 aliphatic heterocycles.